The van der Waals surface area contributed by atoms with E-state index in [0.717, 1.165) is 17.1 Å². The molecule has 9 heteroatoms. The number of nitro groups is 1. The quantitative estimate of drug-likeness (QED) is 0.526. The van der Waals surface area contributed by atoms with Crippen molar-refractivity contribution in [3.05, 3.63) is 22.5 Å². The first-order chi connectivity index (χ1) is 8.93. The van der Waals surface area contributed by atoms with E-state index in [-0.39, 0.29) is 24.8 Å². The predicted octanol–water partition coefficient (Wildman–Crippen LogP) is -0.144. The molecule has 9 nitrogen and oxygen atoms in total. The van der Waals surface area contributed by atoms with Gasteiger partial charge in [-0.05, 0) is 5.92 Å². The molecule has 0 bridgehead atoms. The average molecular weight is 272 g/mol. The van der Waals surface area contributed by atoms with E-state index in [9.17, 15) is 14.9 Å². The summed E-state index contributed by atoms with van der Waals surface area (Å²) in [5.74, 6) is -0.479. The Morgan fingerprint density at radius 3 is 2.84 bits per heavy atom. The minimum absolute atomic E-state index is 0.0380. The molecule has 2 N–H and O–H groups in total. The second-order valence-corrected chi connectivity index (χ2v) is 4.26. The fourth-order valence-electron chi connectivity index (χ4n) is 1.24. The molecule has 106 valence electrons. The lowest BCUT2D eigenvalue weighted by molar-refractivity contribution is -0.385. The molecule has 19 heavy (non-hydrogen) atoms. The van der Waals surface area contributed by atoms with E-state index in [0.29, 0.717) is 0 Å². The molecule has 1 aromatic heterocycles. The number of aliphatic hydroxyl groups excluding tert-OH is 1. The molecule has 0 spiro atoms. The van der Waals surface area contributed by atoms with Gasteiger partial charge in [-0.3, -0.25) is 24.4 Å². The van der Waals surface area contributed by atoms with Crippen LogP contribution in [-0.4, -0.2) is 38.4 Å². The van der Waals surface area contributed by atoms with E-state index in [1.54, 1.807) is 0 Å². The Hall–Kier alpha value is -2.00. The zero-order valence-electron chi connectivity index (χ0n) is 10.6. The Balaban J connectivity index is 2.44. The Morgan fingerprint density at radius 2 is 2.37 bits per heavy atom. The summed E-state index contributed by atoms with van der Waals surface area (Å²) < 4.78 is 1.13. The third-order valence-corrected chi connectivity index (χ3v) is 2.38. The molecule has 0 aliphatic heterocycles. The van der Waals surface area contributed by atoms with Crippen LogP contribution in [0.2, 0.25) is 0 Å². The van der Waals surface area contributed by atoms with Crippen LogP contribution in [0, 0.1) is 16.0 Å². The van der Waals surface area contributed by atoms with Gasteiger partial charge >= 0.3 is 5.69 Å². The van der Waals surface area contributed by atoms with Crippen LogP contribution >= 0.6 is 0 Å². The van der Waals surface area contributed by atoms with Gasteiger partial charge in [-0.15, -0.1) is 0 Å². The summed E-state index contributed by atoms with van der Waals surface area (Å²) in [5.41, 5.74) is 1.98. The lowest BCUT2D eigenvalue weighted by Gasteiger charge is -2.18. The Morgan fingerprint density at radius 1 is 1.68 bits per heavy atom. The number of aliphatic hydroxyl groups is 1. The van der Waals surface area contributed by atoms with Crippen molar-refractivity contribution < 1.29 is 19.7 Å². The summed E-state index contributed by atoms with van der Waals surface area (Å²) in [4.78, 5) is 26.3. The maximum absolute atomic E-state index is 11.5. The second-order valence-electron chi connectivity index (χ2n) is 4.26. The number of carbonyl (C=O) groups is 1. The Labute approximate surface area is 109 Å². The van der Waals surface area contributed by atoms with Crippen LogP contribution < -0.4 is 5.48 Å². The first kappa shape index (κ1) is 15.1. The highest BCUT2D eigenvalue weighted by molar-refractivity contribution is 5.74. The minimum atomic E-state index is -0.599. The van der Waals surface area contributed by atoms with E-state index in [2.05, 4.69) is 10.6 Å². The van der Waals surface area contributed by atoms with Gasteiger partial charge in [-0.25, -0.2) is 5.48 Å². The molecule has 0 radical (unpaired) electrons. The molecule has 0 aliphatic carbocycles. The van der Waals surface area contributed by atoms with E-state index in [4.69, 9.17) is 9.94 Å². The molecular formula is C10H16N4O5. The summed E-state index contributed by atoms with van der Waals surface area (Å²) in [6.45, 7) is 3.25. The standard InChI is InChI=1S/C10H16N4O5/c1-7(2)9(6-15)19-12-10(16)5-13-4-8(3-11-13)14(17)18/h3-4,7,9,15H,5-6H2,1-2H3,(H,12,16). The summed E-state index contributed by atoms with van der Waals surface area (Å²) in [6.07, 6.45) is 1.69. The van der Waals surface area contributed by atoms with Crippen molar-refractivity contribution in [2.45, 2.75) is 26.5 Å². The van der Waals surface area contributed by atoms with Gasteiger partial charge in [0.15, 0.2) is 0 Å². The maximum atomic E-state index is 11.5. The number of nitrogens with zero attached hydrogens (tertiary/aromatic N) is 3. The second kappa shape index (κ2) is 6.81. The number of hydrogen-bond donors (Lipinski definition) is 2. The number of aromatic nitrogens is 2. The number of hydroxylamine groups is 1. The molecule has 1 unspecified atom stereocenters. The topological polar surface area (TPSA) is 120 Å². The molecule has 1 amide bonds. The molecule has 0 saturated heterocycles. The molecule has 1 rings (SSSR count). The van der Waals surface area contributed by atoms with Crippen molar-refractivity contribution >= 4 is 11.6 Å². The summed E-state index contributed by atoms with van der Waals surface area (Å²) in [6, 6.07) is 0. The average Bonchev–Trinajstić information content (AvgIpc) is 2.78. The molecule has 0 aliphatic rings. The van der Waals surface area contributed by atoms with Gasteiger partial charge in [0.2, 0.25) is 0 Å². The van der Waals surface area contributed by atoms with Crippen LogP contribution in [0.3, 0.4) is 0 Å². The first-order valence-corrected chi connectivity index (χ1v) is 5.66. The lowest BCUT2D eigenvalue weighted by atomic mass is 10.1. The van der Waals surface area contributed by atoms with Crippen LogP contribution in [0.5, 0.6) is 0 Å². The maximum Gasteiger partial charge on any atom is 0.307 e. The molecule has 1 aromatic rings. The molecular weight excluding hydrogens is 256 g/mol. The van der Waals surface area contributed by atoms with Gasteiger partial charge in [0.25, 0.3) is 5.91 Å². The van der Waals surface area contributed by atoms with Gasteiger partial charge in [0.05, 0.1) is 11.5 Å². The van der Waals surface area contributed by atoms with E-state index in [1.807, 2.05) is 13.8 Å². The van der Waals surface area contributed by atoms with Gasteiger partial charge in [0, 0.05) is 0 Å². The van der Waals surface area contributed by atoms with Crippen molar-refractivity contribution in [3.8, 4) is 0 Å². The van der Waals surface area contributed by atoms with Crippen LogP contribution in [0.25, 0.3) is 0 Å². The third-order valence-electron chi connectivity index (χ3n) is 2.38. The van der Waals surface area contributed by atoms with Crippen molar-refractivity contribution in [1.82, 2.24) is 15.3 Å². The summed E-state index contributed by atoms with van der Waals surface area (Å²) >= 11 is 0. The fraction of sp³-hybridized carbons (Fsp3) is 0.600. The van der Waals surface area contributed by atoms with Gasteiger partial charge in [-0.1, -0.05) is 13.8 Å². The molecule has 0 aromatic carbocycles. The third kappa shape index (κ3) is 4.64. The normalized spacial score (nSPS) is 12.4. The fourth-order valence-corrected chi connectivity index (χ4v) is 1.24. The minimum Gasteiger partial charge on any atom is -0.394 e. The Kier molecular flexibility index (Phi) is 5.39. The smallest absolute Gasteiger partial charge is 0.307 e. The van der Waals surface area contributed by atoms with Crippen molar-refractivity contribution in [3.63, 3.8) is 0 Å². The van der Waals surface area contributed by atoms with Crippen LogP contribution in [-0.2, 0) is 16.2 Å². The molecule has 0 fully saturated rings. The molecule has 1 atom stereocenters. The van der Waals surface area contributed by atoms with E-state index in [1.165, 1.54) is 0 Å². The Bertz CT molecular complexity index is 445. The number of carbonyl (C=O) groups excluding carboxylic acids is 1. The van der Waals surface area contributed by atoms with Crippen molar-refractivity contribution in [2.24, 2.45) is 5.92 Å². The molecule has 1 heterocycles. The van der Waals surface area contributed by atoms with Gasteiger partial charge in [0.1, 0.15) is 25.0 Å². The largest absolute Gasteiger partial charge is 0.394 e. The number of amides is 1. The van der Waals surface area contributed by atoms with Crippen molar-refractivity contribution in [2.75, 3.05) is 6.61 Å². The highest BCUT2D eigenvalue weighted by atomic mass is 16.7. The van der Waals surface area contributed by atoms with E-state index >= 15 is 0 Å². The molecule has 0 saturated carbocycles. The van der Waals surface area contributed by atoms with Crippen molar-refractivity contribution in [1.29, 1.82) is 0 Å². The predicted molar refractivity (Wildman–Crippen MR) is 63.8 cm³/mol. The first-order valence-electron chi connectivity index (χ1n) is 5.66. The zero-order chi connectivity index (χ0) is 14.4. The van der Waals surface area contributed by atoms with Gasteiger partial charge < -0.3 is 5.11 Å². The van der Waals surface area contributed by atoms with Gasteiger partial charge in [-0.2, -0.15) is 5.10 Å². The summed E-state index contributed by atoms with van der Waals surface area (Å²) in [5, 5.41) is 23.1. The highest BCUT2D eigenvalue weighted by Gasteiger charge is 2.15. The highest BCUT2D eigenvalue weighted by Crippen LogP contribution is 2.07. The summed E-state index contributed by atoms with van der Waals surface area (Å²) in [7, 11) is 0. The number of rotatable bonds is 7. The van der Waals surface area contributed by atoms with Crippen LogP contribution in [0.15, 0.2) is 12.4 Å². The zero-order valence-corrected chi connectivity index (χ0v) is 10.6. The monoisotopic (exact) mass is 272 g/mol. The lowest BCUT2D eigenvalue weighted by Crippen LogP contribution is -2.36. The van der Waals surface area contributed by atoms with Crippen LogP contribution in [0.1, 0.15) is 13.8 Å². The number of nitrogens with one attached hydrogen (secondary N) is 1. The van der Waals surface area contributed by atoms with Crippen LogP contribution in [0.4, 0.5) is 5.69 Å². The number of hydrogen-bond acceptors (Lipinski definition) is 6. The van der Waals surface area contributed by atoms with E-state index < -0.39 is 16.9 Å². The SMILES string of the molecule is CC(C)C(CO)ONC(=O)Cn1cc([N+](=O)[O-])cn1.